The smallest absolute Gasteiger partial charge is 0.301 e. The van der Waals surface area contributed by atoms with Gasteiger partial charge < -0.3 is 10.2 Å². The third-order valence-corrected chi connectivity index (χ3v) is 2.98. The van der Waals surface area contributed by atoms with Gasteiger partial charge in [0.05, 0.1) is 22.0 Å². The second kappa shape index (κ2) is 5.49. The molecule has 0 atom stereocenters. The van der Waals surface area contributed by atoms with Gasteiger partial charge in [0, 0.05) is 0 Å². The molecule has 0 aromatic carbocycles. The molecule has 3 N–H and O–H groups in total. The summed E-state index contributed by atoms with van der Waals surface area (Å²) in [6.45, 7) is 2.08. The van der Waals surface area contributed by atoms with Crippen LogP contribution in [0.4, 0.5) is 6.01 Å². The Kier molecular flexibility index (Phi) is 3.77. The van der Waals surface area contributed by atoms with E-state index in [9.17, 15) is 4.79 Å². The Labute approximate surface area is 108 Å². The number of hydrogen-bond acceptors (Lipinski definition) is 5. The van der Waals surface area contributed by atoms with Crippen molar-refractivity contribution in [1.29, 1.82) is 0 Å². The molecular weight excluding hydrogens is 250 g/mol. The first kappa shape index (κ1) is 12.4. The summed E-state index contributed by atoms with van der Waals surface area (Å²) in [5.41, 5.74) is 5.99. The summed E-state index contributed by atoms with van der Waals surface area (Å²) in [5.74, 6) is 5.35. The Hall–Kier alpha value is -2.10. The zero-order chi connectivity index (χ0) is 13.0. The van der Waals surface area contributed by atoms with Crippen LogP contribution in [0.1, 0.15) is 20.2 Å². The van der Waals surface area contributed by atoms with Crippen molar-refractivity contribution in [2.75, 3.05) is 11.9 Å². The molecule has 92 valence electrons. The van der Waals surface area contributed by atoms with E-state index >= 15 is 0 Å². The van der Waals surface area contributed by atoms with Crippen molar-refractivity contribution < 1.29 is 9.21 Å². The summed E-state index contributed by atoms with van der Waals surface area (Å²) >= 11 is 1.30. The molecule has 2 heterocycles. The Balaban J connectivity index is 2.07. The van der Waals surface area contributed by atoms with Gasteiger partial charge in [-0.2, -0.15) is 4.98 Å². The minimum Gasteiger partial charge on any atom is -0.432 e. The van der Waals surface area contributed by atoms with Gasteiger partial charge in [0.15, 0.2) is 0 Å². The maximum absolute atomic E-state index is 11.8. The second-order valence-corrected chi connectivity index (χ2v) is 4.50. The fraction of sp³-hybridized carbons (Fsp3) is 0.167. The molecule has 0 spiro atoms. The summed E-state index contributed by atoms with van der Waals surface area (Å²) in [5, 5.41) is 2.57. The minimum absolute atomic E-state index is 0.195. The van der Waals surface area contributed by atoms with Crippen LogP contribution in [0.25, 0.3) is 0 Å². The third-order valence-electron chi connectivity index (χ3n) is 1.98. The lowest BCUT2D eigenvalue weighted by molar-refractivity contribution is 0.102. The average molecular weight is 261 g/mol. The lowest BCUT2D eigenvalue weighted by atomic mass is 10.4. The number of aryl methyl sites for hydroxylation is 1. The van der Waals surface area contributed by atoms with Crippen LogP contribution in [-0.4, -0.2) is 17.4 Å². The number of thiophene rings is 1. The minimum atomic E-state index is -0.261. The predicted molar refractivity (Wildman–Crippen MR) is 69.4 cm³/mol. The van der Waals surface area contributed by atoms with Gasteiger partial charge in [-0.3, -0.25) is 10.1 Å². The van der Waals surface area contributed by atoms with Gasteiger partial charge in [-0.05, 0) is 19.1 Å². The molecule has 0 bridgehead atoms. The Morgan fingerprint density at radius 3 is 3.11 bits per heavy atom. The predicted octanol–water partition coefficient (Wildman–Crippen LogP) is 1.61. The van der Waals surface area contributed by atoms with Gasteiger partial charge in [0.1, 0.15) is 6.26 Å². The lowest BCUT2D eigenvalue weighted by Crippen LogP contribution is -2.10. The quantitative estimate of drug-likeness (QED) is 0.805. The van der Waals surface area contributed by atoms with Crippen molar-refractivity contribution in [2.45, 2.75) is 6.92 Å². The van der Waals surface area contributed by atoms with Gasteiger partial charge in [-0.25, -0.2) is 0 Å². The topological polar surface area (TPSA) is 81.2 Å². The monoisotopic (exact) mass is 261 g/mol. The molecule has 6 heteroatoms. The van der Waals surface area contributed by atoms with E-state index in [-0.39, 0.29) is 11.9 Å². The molecule has 0 saturated carbocycles. The zero-order valence-electron chi connectivity index (χ0n) is 9.69. The van der Waals surface area contributed by atoms with Crippen molar-refractivity contribution in [3.05, 3.63) is 33.8 Å². The third kappa shape index (κ3) is 2.97. The zero-order valence-corrected chi connectivity index (χ0v) is 10.5. The Morgan fingerprint density at radius 1 is 1.61 bits per heavy atom. The maximum atomic E-state index is 11.8. The van der Waals surface area contributed by atoms with Crippen LogP contribution < -0.4 is 11.1 Å². The second-order valence-electron chi connectivity index (χ2n) is 3.42. The fourth-order valence-corrected chi connectivity index (χ4v) is 2.01. The highest BCUT2D eigenvalue weighted by atomic mass is 32.1. The first-order chi connectivity index (χ1) is 8.69. The van der Waals surface area contributed by atoms with Gasteiger partial charge in [-0.1, -0.05) is 11.8 Å². The van der Waals surface area contributed by atoms with E-state index in [4.69, 9.17) is 10.2 Å². The molecule has 0 aliphatic heterocycles. The number of nitrogens with one attached hydrogen (secondary N) is 1. The van der Waals surface area contributed by atoms with Gasteiger partial charge in [-0.15, -0.1) is 11.3 Å². The maximum Gasteiger partial charge on any atom is 0.301 e. The summed E-state index contributed by atoms with van der Waals surface area (Å²) in [4.78, 5) is 17.2. The average Bonchev–Trinajstić information content (AvgIpc) is 2.96. The molecule has 0 aliphatic rings. The number of carbonyl (C=O) groups is 1. The summed E-state index contributed by atoms with van der Waals surface area (Å²) in [6, 6.07) is 3.68. The van der Waals surface area contributed by atoms with Gasteiger partial charge in [0.25, 0.3) is 5.91 Å². The number of carbonyl (C=O) groups excluding carboxylic acids is 1. The van der Waals surface area contributed by atoms with Crippen molar-refractivity contribution in [1.82, 2.24) is 4.98 Å². The van der Waals surface area contributed by atoms with E-state index in [1.165, 1.54) is 17.6 Å². The molecule has 0 radical (unpaired) electrons. The first-order valence-corrected chi connectivity index (χ1v) is 6.03. The van der Waals surface area contributed by atoms with E-state index in [2.05, 4.69) is 22.1 Å². The number of aromatic nitrogens is 1. The SMILES string of the molecule is Cc1coc(NC(=O)c2ccc(C#CCN)s2)n1. The van der Waals surface area contributed by atoms with Gasteiger partial charge >= 0.3 is 6.01 Å². The highest BCUT2D eigenvalue weighted by Gasteiger charge is 2.11. The van der Waals surface area contributed by atoms with Crippen molar-refractivity contribution >= 4 is 23.3 Å². The number of oxazole rings is 1. The summed E-state index contributed by atoms with van der Waals surface area (Å²) < 4.78 is 5.05. The van der Waals surface area contributed by atoms with Crippen LogP contribution in [0, 0.1) is 18.8 Å². The number of hydrogen-bond donors (Lipinski definition) is 2. The van der Waals surface area contributed by atoms with Crippen LogP contribution in [-0.2, 0) is 0 Å². The number of anilines is 1. The first-order valence-electron chi connectivity index (χ1n) is 5.21. The highest BCUT2D eigenvalue weighted by Crippen LogP contribution is 2.17. The summed E-state index contributed by atoms with van der Waals surface area (Å²) in [7, 11) is 0. The standard InChI is InChI=1S/C12H11N3O2S/c1-8-7-17-12(14-8)15-11(16)10-5-4-9(18-10)3-2-6-13/h4-5,7H,6,13H2,1H3,(H,14,15,16). The normalized spacial score (nSPS) is 9.67. The highest BCUT2D eigenvalue weighted by molar-refractivity contribution is 7.14. The molecule has 0 aliphatic carbocycles. The largest absolute Gasteiger partial charge is 0.432 e. The van der Waals surface area contributed by atoms with Crippen LogP contribution in [0.2, 0.25) is 0 Å². The number of rotatable bonds is 2. The van der Waals surface area contributed by atoms with Crippen LogP contribution in [0.3, 0.4) is 0 Å². The van der Waals surface area contributed by atoms with Crippen molar-refractivity contribution in [3.8, 4) is 11.8 Å². The Bertz CT molecular complexity index is 619. The van der Waals surface area contributed by atoms with E-state index in [0.29, 0.717) is 17.1 Å². The molecule has 0 saturated heterocycles. The number of amides is 1. The van der Waals surface area contributed by atoms with E-state index < -0.39 is 0 Å². The molecular formula is C12H11N3O2S. The van der Waals surface area contributed by atoms with Crippen molar-refractivity contribution in [2.24, 2.45) is 5.73 Å². The molecule has 5 nitrogen and oxygen atoms in total. The van der Waals surface area contributed by atoms with E-state index in [0.717, 1.165) is 4.88 Å². The molecule has 1 amide bonds. The van der Waals surface area contributed by atoms with Crippen molar-refractivity contribution in [3.63, 3.8) is 0 Å². The number of nitrogens with zero attached hydrogens (tertiary/aromatic N) is 1. The lowest BCUT2D eigenvalue weighted by Gasteiger charge is -1.96. The fourth-order valence-electron chi connectivity index (χ4n) is 1.24. The molecule has 18 heavy (non-hydrogen) atoms. The van der Waals surface area contributed by atoms with E-state index in [1.807, 2.05) is 0 Å². The molecule has 2 rings (SSSR count). The number of nitrogens with two attached hydrogens (primary N) is 1. The van der Waals surface area contributed by atoms with Crippen LogP contribution in [0.15, 0.2) is 22.8 Å². The molecule has 2 aromatic rings. The molecule has 0 fully saturated rings. The summed E-state index contributed by atoms with van der Waals surface area (Å²) in [6.07, 6.45) is 1.47. The molecule has 2 aromatic heterocycles. The van der Waals surface area contributed by atoms with Crippen LogP contribution >= 0.6 is 11.3 Å². The molecule has 0 unspecified atom stereocenters. The van der Waals surface area contributed by atoms with E-state index in [1.54, 1.807) is 19.1 Å². The Morgan fingerprint density at radius 2 is 2.44 bits per heavy atom. The van der Waals surface area contributed by atoms with Crippen LogP contribution in [0.5, 0.6) is 0 Å². The van der Waals surface area contributed by atoms with Gasteiger partial charge in [0.2, 0.25) is 0 Å².